The van der Waals surface area contributed by atoms with E-state index in [9.17, 15) is 9.18 Å². The largest absolute Gasteiger partial charge is 0.367 e. The van der Waals surface area contributed by atoms with Gasteiger partial charge in [0, 0.05) is 35.5 Å². The molecule has 4 rings (SSSR count). The fourth-order valence-corrected chi connectivity index (χ4v) is 3.88. The van der Waals surface area contributed by atoms with E-state index in [0.29, 0.717) is 12.1 Å². The van der Waals surface area contributed by atoms with Gasteiger partial charge < -0.3 is 10.2 Å². The zero-order valence-electron chi connectivity index (χ0n) is 17.0. The van der Waals surface area contributed by atoms with Gasteiger partial charge in [0.05, 0.1) is 18.3 Å². The van der Waals surface area contributed by atoms with E-state index >= 15 is 0 Å². The highest BCUT2D eigenvalue weighted by Crippen LogP contribution is 2.28. The lowest BCUT2D eigenvalue weighted by Crippen LogP contribution is -2.50. The highest BCUT2D eigenvalue weighted by atomic mass is 19.1. The lowest BCUT2D eigenvalue weighted by molar-refractivity contribution is 0.0935. The SMILES string of the molecule is CC(NC(=O)c1ccc(F)cc1)C1CN=C(c2ccccc2)c2ccccc2N1C. The van der Waals surface area contributed by atoms with Gasteiger partial charge in [-0.1, -0.05) is 48.5 Å². The number of para-hydroxylation sites is 1. The highest BCUT2D eigenvalue weighted by molar-refractivity contribution is 6.16. The van der Waals surface area contributed by atoms with Crippen LogP contribution in [0.1, 0.15) is 28.4 Å². The van der Waals surface area contributed by atoms with E-state index in [1.54, 1.807) is 0 Å². The van der Waals surface area contributed by atoms with E-state index in [4.69, 9.17) is 4.99 Å². The minimum Gasteiger partial charge on any atom is -0.367 e. The maximum Gasteiger partial charge on any atom is 0.251 e. The summed E-state index contributed by atoms with van der Waals surface area (Å²) in [7, 11) is 2.04. The van der Waals surface area contributed by atoms with Crippen LogP contribution in [0.3, 0.4) is 0 Å². The minimum atomic E-state index is -0.359. The monoisotopic (exact) mass is 401 g/mol. The van der Waals surface area contributed by atoms with Crippen LogP contribution in [0.2, 0.25) is 0 Å². The Labute approximate surface area is 176 Å². The molecule has 0 aliphatic carbocycles. The second kappa shape index (κ2) is 8.49. The Morgan fingerprint density at radius 1 is 1.03 bits per heavy atom. The quantitative estimate of drug-likeness (QED) is 0.708. The number of rotatable bonds is 4. The van der Waals surface area contributed by atoms with Crippen LogP contribution in [0.4, 0.5) is 10.1 Å². The van der Waals surface area contributed by atoms with Crippen molar-refractivity contribution in [3.05, 3.63) is 101 Å². The Hall–Kier alpha value is -3.47. The average molecular weight is 401 g/mol. The first-order chi connectivity index (χ1) is 14.5. The molecule has 0 bridgehead atoms. The van der Waals surface area contributed by atoms with Crippen LogP contribution in [0.5, 0.6) is 0 Å². The van der Waals surface area contributed by atoms with Crippen molar-refractivity contribution in [1.82, 2.24) is 5.32 Å². The normalized spacial score (nSPS) is 16.8. The summed E-state index contributed by atoms with van der Waals surface area (Å²) >= 11 is 0. The van der Waals surface area contributed by atoms with Gasteiger partial charge in [-0.25, -0.2) is 4.39 Å². The minimum absolute atomic E-state index is 0.0308. The molecule has 1 N–H and O–H groups in total. The maximum absolute atomic E-state index is 13.2. The Morgan fingerprint density at radius 2 is 1.70 bits per heavy atom. The Morgan fingerprint density at radius 3 is 2.43 bits per heavy atom. The van der Waals surface area contributed by atoms with Gasteiger partial charge in [0.15, 0.2) is 0 Å². The standard InChI is InChI=1S/C25H24FN3O/c1-17(28-25(30)19-12-14-20(26)15-13-19)23-16-27-24(18-8-4-3-5-9-18)21-10-6-7-11-22(21)29(23)2/h3-15,17,23H,16H2,1-2H3,(H,28,30). The molecule has 0 spiro atoms. The molecular weight excluding hydrogens is 377 g/mol. The molecule has 30 heavy (non-hydrogen) atoms. The number of aliphatic imine (C=N–C) groups is 1. The van der Waals surface area contributed by atoms with Gasteiger partial charge in [-0.2, -0.15) is 0 Å². The first-order valence-electron chi connectivity index (χ1n) is 10.0. The number of likely N-dealkylation sites (N-methyl/N-ethyl adjacent to an activating group) is 1. The van der Waals surface area contributed by atoms with Crippen molar-refractivity contribution in [1.29, 1.82) is 0 Å². The van der Waals surface area contributed by atoms with Crippen LogP contribution in [0.25, 0.3) is 0 Å². The number of amides is 1. The Balaban J connectivity index is 1.62. The molecule has 3 aromatic carbocycles. The van der Waals surface area contributed by atoms with E-state index in [2.05, 4.69) is 34.5 Å². The molecule has 0 fully saturated rings. The van der Waals surface area contributed by atoms with Gasteiger partial charge in [-0.15, -0.1) is 0 Å². The molecule has 1 amide bonds. The summed E-state index contributed by atoms with van der Waals surface area (Å²) in [4.78, 5) is 19.8. The predicted octanol–water partition coefficient (Wildman–Crippen LogP) is 4.30. The molecule has 5 heteroatoms. The van der Waals surface area contributed by atoms with Crippen molar-refractivity contribution in [2.45, 2.75) is 19.0 Å². The zero-order valence-corrected chi connectivity index (χ0v) is 17.0. The van der Waals surface area contributed by atoms with E-state index in [0.717, 1.165) is 22.5 Å². The smallest absolute Gasteiger partial charge is 0.251 e. The van der Waals surface area contributed by atoms with E-state index in [1.807, 2.05) is 44.3 Å². The number of carbonyl (C=O) groups excluding carboxylic acids is 1. The van der Waals surface area contributed by atoms with Crippen molar-refractivity contribution in [3.63, 3.8) is 0 Å². The number of hydrogen-bond acceptors (Lipinski definition) is 3. The van der Waals surface area contributed by atoms with Crippen LogP contribution in [0.15, 0.2) is 83.9 Å². The zero-order chi connectivity index (χ0) is 21.1. The molecule has 0 aromatic heterocycles. The molecule has 2 unspecified atom stereocenters. The van der Waals surface area contributed by atoms with Crippen LogP contribution in [0, 0.1) is 5.82 Å². The highest BCUT2D eigenvalue weighted by Gasteiger charge is 2.29. The molecule has 1 aliphatic heterocycles. The van der Waals surface area contributed by atoms with Gasteiger partial charge in [-0.05, 0) is 37.3 Å². The molecule has 0 saturated carbocycles. The number of carbonyl (C=O) groups is 1. The molecule has 3 aromatic rings. The van der Waals surface area contributed by atoms with Crippen molar-refractivity contribution in [3.8, 4) is 0 Å². The number of anilines is 1. The first kappa shape index (κ1) is 19.8. The second-order valence-electron chi connectivity index (χ2n) is 7.52. The van der Waals surface area contributed by atoms with Gasteiger partial charge in [-0.3, -0.25) is 9.79 Å². The number of benzodiazepines with no additional fused rings is 1. The molecule has 0 radical (unpaired) electrons. The third-order valence-electron chi connectivity index (χ3n) is 5.56. The summed E-state index contributed by atoms with van der Waals surface area (Å²) in [6.07, 6.45) is 0. The molecule has 152 valence electrons. The number of fused-ring (bicyclic) bond motifs is 1. The van der Waals surface area contributed by atoms with Gasteiger partial charge in [0.2, 0.25) is 0 Å². The number of nitrogens with zero attached hydrogens (tertiary/aromatic N) is 2. The van der Waals surface area contributed by atoms with E-state index in [-0.39, 0.29) is 23.8 Å². The van der Waals surface area contributed by atoms with E-state index in [1.165, 1.54) is 24.3 Å². The number of benzene rings is 3. The average Bonchev–Trinajstić information content (AvgIpc) is 2.91. The lowest BCUT2D eigenvalue weighted by Gasteiger charge is -2.33. The lowest BCUT2D eigenvalue weighted by atomic mass is 10.00. The first-order valence-corrected chi connectivity index (χ1v) is 10.0. The fraction of sp³-hybridized carbons (Fsp3) is 0.200. The van der Waals surface area contributed by atoms with Gasteiger partial charge in [0.1, 0.15) is 5.82 Å². The molecule has 1 aliphatic rings. The number of hydrogen-bond donors (Lipinski definition) is 1. The summed E-state index contributed by atoms with van der Waals surface area (Å²) in [5, 5.41) is 3.06. The Bertz CT molecular complexity index is 1060. The van der Waals surface area contributed by atoms with Crippen molar-refractivity contribution < 1.29 is 9.18 Å². The molecule has 1 heterocycles. The van der Waals surface area contributed by atoms with Crippen LogP contribution in [-0.4, -0.2) is 37.3 Å². The third-order valence-corrected chi connectivity index (χ3v) is 5.56. The van der Waals surface area contributed by atoms with Crippen molar-refractivity contribution in [2.24, 2.45) is 4.99 Å². The van der Waals surface area contributed by atoms with Gasteiger partial charge >= 0.3 is 0 Å². The second-order valence-corrected chi connectivity index (χ2v) is 7.52. The molecule has 4 nitrogen and oxygen atoms in total. The summed E-state index contributed by atoms with van der Waals surface area (Å²) < 4.78 is 13.2. The third kappa shape index (κ3) is 3.96. The maximum atomic E-state index is 13.2. The summed E-state index contributed by atoms with van der Waals surface area (Å²) in [6.45, 7) is 2.52. The summed E-state index contributed by atoms with van der Waals surface area (Å²) in [5.74, 6) is -0.580. The van der Waals surface area contributed by atoms with Gasteiger partial charge in [0.25, 0.3) is 5.91 Å². The van der Waals surface area contributed by atoms with Crippen molar-refractivity contribution >= 4 is 17.3 Å². The topological polar surface area (TPSA) is 44.7 Å². The van der Waals surface area contributed by atoms with Crippen molar-refractivity contribution in [2.75, 3.05) is 18.5 Å². The summed E-state index contributed by atoms with van der Waals surface area (Å²) in [6, 6.07) is 23.7. The molecule has 2 atom stereocenters. The predicted molar refractivity (Wildman–Crippen MR) is 119 cm³/mol. The fourth-order valence-electron chi connectivity index (χ4n) is 3.88. The van der Waals surface area contributed by atoms with Crippen LogP contribution < -0.4 is 10.2 Å². The van der Waals surface area contributed by atoms with E-state index < -0.39 is 0 Å². The van der Waals surface area contributed by atoms with Crippen LogP contribution >= 0.6 is 0 Å². The Kier molecular flexibility index (Phi) is 5.61. The molecule has 0 saturated heterocycles. The molecular formula is C25H24FN3O. The number of halogens is 1. The summed E-state index contributed by atoms with van der Waals surface area (Å²) in [5.41, 5.74) is 4.62. The van der Waals surface area contributed by atoms with Crippen LogP contribution in [-0.2, 0) is 0 Å². The number of nitrogens with one attached hydrogen (secondary N) is 1.